The van der Waals surface area contributed by atoms with Crippen LogP contribution >= 0.6 is 0 Å². The maximum Gasteiger partial charge on any atom is 0.335 e. The van der Waals surface area contributed by atoms with E-state index >= 15 is 0 Å². The molecule has 1 aliphatic heterocycles. The molecule has 0 spiro atoms. The van der Waals surface area contributed by atoms with Crippen molar-refractivity contribution in [2.75, 3.05) is 27.9 Å². The van der Waals surface area contributed by atoms with Crippen molar-refractivity contribution in [2.24, 2.45) is 0 Å². The van der Waals surface area contributed by atoms with Crippen LogP contribution in [0.1, 0.15) is 6.92 Å². The van der Waals surface area contributed by atoms with Crippen LogP contribution in [0.15, 0.2) is 0 Å². The van der Waals surface area contributed by atoms with Crippen molar-refractivity contribution in [1.82, 2.24) is 0 Å². The molecule has 6 unspecified atom stereocenters. The van der Waals surface area contributed by atoms with E-state index in [1.54, 1.807) is 6.92 Å². The van der Waals surface area contributed by atoms with Crippen LogP contribution in [-0.4, -0.2) is 76.0 Å². The molecule has 0 saturated carbocycles. The topological polar surface area (TPSA) is 92.7 Å². The first kappa shape index (κ1) is 18.8. The molecule has 0 bridgehead atoms. The summed E-state index contributed by atoms with van der Waals surface area (Å²) in [6, 6.07) is 0. The van der Waals surface area contributed by atoms with E-state index in [0.29, 0.717) is 6.61 Å². The molecule has 1 rings (SSSR count). The van der Waals surface area contributed by atoms with E-state index < -0.39 is 43.0 Å². The molecule has 126 valence electrons. The van der Waals surface area contributed by atoms with Gasteiger partial charge in [-0.25, -0.2) is 4.79 Å². The van der Waals surface area contributed by atoms with Gasteiger partial charge in [-0.05, 0) is 12.8 Å². The summed E-state index contributed by atoms with van der Waals surface area (Å²) >= 11 is 0. The second kappa shape index (κ2) is 9.05. The number of carboxylic acids is 1. The monoisotopic (exact) mass is 318 g/mol. The van der Waals surface area contributed by atoms with E-state index in [1.165, 1.54) is 21.3 Å². The second-order valence-electron chi connectivity index (χ2n) is 4.45. The van der Waals surface area contributed by atoms with Gasteiger partial charge >= 0.3 is 5.97 Å². The number of carboxylic acid groups (broad SMARTS) is 1. The Hall–Kier alpha value is -1.21. The number of hydrogen-bond acceptors (Lipinski definition) is 7. The standard InChI is InChI=1S/C14H22O8/c1-6-8(20-7-2)21-10-9(17-3)12(18-4)14(19-5)22-11(10)13(15)16/h1,8-12,14H,7H2,2-5H3,(H,15,16). The van der Waals surface area contributed by atoms with Crippen molar-refractivity contribution in [3.63, 3.8) is 0 Å². The summed E-state index contributed by atoms with van der Waals surface area (Å²) in [7, 11) is 4.23. The highest BCUT2D eigenvalue weighted by Crippen LogP contribution is 2.29. The molecule has 0 aromatic carbocycles. The van der Waals surface area contributed by atoms with Crippen molar-refractivity contribution >= 4 is 5.97 Å². The third-order valence-electron chi connectivity index (χ3n) is 3.25. The minimum Gasteiger partial charge on any atom is -0.479 e. The Labute approximate surface area is 129 Å². The highest BCUT2D eigenvalue weighted by Gasteiger charge is 2.51. The van der Waals surface area contributed by atoms with Crippen LogP contribution in [-0.2, 0) is 33.2 Å². The average molecular weight is 318 g/mol. The van der Waals surface area contributed by atoms with Crippen molar-refractivity contribution in [3.05, 3.63) is 0 Å². The Morgan fingerprint density at radius 2 is 1.86 bits per heavy atom. The molecule has 1 heterocycles. The van der Waals surface area contributed by atoms with E-state index in [2.05, 4.69) is 5.92 Å². The lowest BCUT2D eigenvalue weighted by atomic mass is 9.98. The van der Waals surface area contributed by atoms with Gasteiger partial charge in [-0.15, -0.1) is 6.42 Å². The number of terminal acetylenes is 1. The van der Waals surface area contributed by atoms with Crippen molar-refractivity contribution in [1.29, 1.82) is 0 Å². The lowest BCUT2D eigenvalue weighted by Crippen LogP contribution is -2.62. The molecule has 0 aromatic rings. The third kappa shape index (κ3) is 4.16. The number of aliphatic carboxylic acids is 1. The van der Waals surface area contributed by atoms with Crippen LogP contribution in [0.4, 0.5) is 0 Å². The lowest BCUT2D eigenvalue weighted by Gasteiger charge is -2.43. The molecule has 0 radical (unpaired) electrons. The first-order valence-electron chi connectivity index (χ1n) is 6.73. The van der Waals surface area contributed by atoms with Gasteiger partial charge < -0.3 is 33.5 Å². The number of methoxy groups -OCH3 is 3. The minimum atomic E-state index is -1.34. The molecular formula is C14H22O8. The molecule has 22 heavy (non-hydrogen) atoms. The smallest absolute Gasteiger partial charge is 0.335 e. The van der Waals surface area contributed by atoms with Crippen LogP contribution in [0.3, 0.4) is 0 Å². The molecule has 0 amide bonds. The second-order valence-corrected chi connectivity index (χ2v) is 4.45. The van der Waals surface area contributed by atoms with E-state index in [9.17, 15) is 9.90 Å². The van der Waals surface area contributed by atoms with Crippen LogP contribution in [0, 0.1) is 12.3 Å². The predicted molar refractivity (Wildman–Crippen MR) is 74.0 cm³/mol. The van der Waals surface area contributed by atoms with Gasteiger partial charge in [-0.3, -0.25) is 0 Å². The minimum absolute atomic E-state index is 0.312. The van der Waals surface area contributed by atoms with Gasteiger partial charge in [0, 0.05) is 27.9 Å². The van der Waals surface area contributed by atoms with Crippen LogP contribution in [0.5, 0.6) is 0 Å². The number of rotatable bonds is 8. The zero-order valence-corrected chi connectivity index (χ0v) is 13.1. The summed E-state index contributed by atoms with van der Waals surface area (Å²) in [5.41, 5.74) is 0. The van der Waals surface area contributed by atoms with Gasteiger partial charge in [0.05, 0.1) is 0 Å². The third-order valence-corrected chi connectivity index (χ3v) is 3.25. The fourth-order valence-corrected chi connectivity index (χ4v) is 2.28. The number of carbonyl (C=O) groups is 1. The zero-order chi connectivity index (χ0) is 16.7. The van der Waals surface area contributed by atoms with Gasteiger partial charge in [0.2, 0.25) is 6.29 Å². The summed E-state index contributed by atoms with van der Waals surface area (Å²) in [6.45, 7) is 2.05. The van der Waals surface area contributed by atoms with Gasteiger partial charge in [0.1, 0.15) is 18.3 Å². The molecular weight excluding hydrogens is 296 g/mol. The van der Waals surface area contributed by atoms with Crippen molar-refractivity contribution in [3.8, 4) is 12.3 Å². The Balaban J connectivity index is 3.04. The number of ether oxygens (including phenoxy) is 6. The molecule has 8 heteroatoms. The van der Waals surface area contributed by atoms with Gasteiger partial charge in [0.25, 0.3) is 0 Å². The Morgan fingerprint density at radius 3 is 2.27 bits per heavy atom. The van der Waals surface area contributed by atoms with Gasteiger partial charge in [0.15, 0.2) is 12.4 Å². The van der Waals surface area contributed by atoms with Gasteiger partial charge in [-0.2, -0.15) is 0 Å². The van der Waals surface area contributed by atoms with Crippen LogP contribution in [0.25, 0.3) is 0 Å². The largest absolute Gasteiger partial charge is 0.479 e. The Bertz CT molecular complexity index is 393. The summed E-state index contributed by atoms with van der Waals surface area (Å²) < 4.78 is 31.9. The maximum atomic E-state index is 11.5. The zero-order valence-electron chi connectivity index (χ0n) is 13.1. The summed E-state index contributed by atoms with van der Waals surface area (Å²) in [4.78, 5) is 11.5. The molecule has 0 aliphatic carbocycles. The normalized spacial score (nSPS) is 33.1. The average Bonchev–Trinajstić information content (AvgIpc) is 2.52. The van der Waals surface area contributed by atoms with E-state index in [0.717, 1.165) is 0 Å². The van der Waals surface area contributed by atoms with Crippen LogP contribution < -0.4 is 0 Å². The summed E-state index contributed by atoms with van der Waals surface area (Å²) in [6.07, 6.45) is -0.413. The predicted octanol–water partition coefficient (Wildman–Crippen LogP) is -0.147. The Kier molecular flexibility index (Phi) is 7.75. The molecule has 8 nitrogen and oxygen atoms in total. The molecule has 1 fully saturated rings. The first-order valence-corrected chi connectivity index (χ1v) is 6.73. The molecule has 1 aliphatic rings. The summed E-state index contributed by atoms with van der Waals surface area (Å²) in [5, 5.41) is 9.36. The molecule has 1 N–H and O–H groups in total. The highest BCUT2D eigenvalue weighted by molar-refractivity contribution is 5.73. The quantitative estimate of drug-likeness (QED) is 0.488. The van der Waals surface area contributed by atoms with Crippen molar-refractivity contribution in [2.45, 2.75) is 43.9 Å². The Morgan fingerprint density at radius 1 is 1.23 bits per heavy atom. The lowest BCUT2D eigenvalue weighted by molar-refractivity contribution is -0.316. The fraction of sp³-hybridized carbons (Fsp3) is 0.786. The van der Waals surface area contributed by atoms with Gasteiger partial charge in [-0.1, -0.05) is 0 Å². The van der Waals surface area contributed by atoms with E-state index in [4.69, 9.17) is 34.8 Å². The van der Waals surface area contributed by atoms with Crippen molar-refractivity contribution < 1.29 is 38.3 Å². The molecule has 0 aromatic heterocycles. The fourth-order valence-electron chi connectivity index (χ4n) is 2.28. The molecule has 1 saturated heterocycles. The van der Waals surface area contributed by atoms with E-state index in [-0.39, 0.29) is 0 Å². The van der Waals surface area contributed by atoms with E-state index in [1.807, 2.05) is 0 Å². The van der Waals surface area contributed by atoms with Crippen LogP contribution in [0.2, 0.25) is 0 Å². The highest BCUT2D eigenvalue weighted by atomic mass is 16.7. The molecule has 6 atom stereocenters. The summed E-state index contributed by atoms with van der Waals surface area (Å²) in [5.74, 6) is 1.07. The first-order chi connectivity index (χ1) is 10.5. The number of hydrogen-bond donors (Lipinski definition) is 1. The maximum absolute atomic E-state index is 11.5. The SMILES string of the molecule is C#CC(OCC)OC1C(C(=O)O)OC(OC)C(OC)C1OC.